The molecular formula is C37H50FN5O5S. The average molecular weight is 696 g/mol. The first-order chi connectivity index (χ1) is 23.7. The van der Waals surface area contributed by atoms with E-state index in [0.717, 1.165) is 102 Å². The standard InChI is InChI=1S/C37H50FN5O5S/c1-48-36(45)41-33-7-3-6-32(33)37(27-4-2-5-28(38)20-27,24-40-35(44)34-14-17-39-34)26-15-18-42(19-16-26)21-25-22-43(23-25)29-8-10-30(11-9-29)49(46,47)31-12-13-31/h2,4-5,8-11,20,25-26,31-34,39H,3,6-7,12-19,21-24H2,1H3,(H,40,44)(H,41,45)/t32-,33-,34-,37?/m0/s1. The second kappa shape index (κ2) is 14.2. The Labute approximate surface area is 289 Å². The monoisotopic (exact) mass is 695 g/mol. The Hall–Kier alpha value is -3.22. The molecule has 0 aromatic heterocycles. The number of nitrogens with zero attached hydrogens (tertiary/aromatic N) is 2. The van der Waals surface area contributed by atoms with E-state index in [0.29, 0.717) is 17.4 Å². The number of carbonyl (C=O) groups is 2. The van der Waals surface area contributed by atoms with Crippen LogP contribution in [0.3, 0.4) is 0 Å². The lowest BCUT2D eigenvalue weighted by atomic mass is 9.58. The molecule has 10 nitrogen and oxygen atoms in total. The van der Waals surface area contributed by atoms with Gasteiger partial charge in [-0.15, -0.1) is 0 Å². The molecule has 0 radical (unpaired) electrons. The second-order valence-corrected chi connectivity index (χ2v) is 17.2. The molecule has 4 atom stereocenters. The minimum absolute atomic E-state index is 0.00504. The van der Waals surface area contributed by atoms with Crippen LogP contribution in [0.1, 0.15) is 56.9 Å². The van der Waals surface area contributed by atoms with E-state index < -0.39 is 21.3 Å². The highest BCUT2D eigenvalue weighted by atomic mass is 32.2. The number of anilines is 1. The summed E-state index contributed by atoms with van der Waals surface area (Å²) in [4.78, 5) is 31.0. The highest BCUT2D eigenvalue weighted by Crippen LogP contribution is 2.50. The molecule has 3 aliphatic heterocycles. The Bertz CT molecular complexity index is 1600. The van der Waals surface area contributed by atoms with Crippen molar-refractivity contribution >= 4 is 27.5 Å². The lowest BCUT2D eigenvalue weighted by Gasteiger charge is -2.51. The summed E-state index contributed by atoms with van der Waals surface area (Å²) in [5.74, 6) is 0.389. The Morgan fingerprint density at radius 1 is 1.00 bits per heavy atom. The van der Waals surface area contributed by atoms with E-state index in [-0.39, 0.29) is 40.9 Å². The van der Waals surface area contributed by atoms with Crippen molar-refractivity contribution in [2.75, 3.05) is 57.8 Å². The molecule has 0 bridgehead atoms. The minimum Gasteiger partial charge on any atom is -0.453 e. The summed E-state index contributed by atoms with van der Waals surface area (Å²) < 4.78 is 45.2. The number of halogens is 1. The largest absolute Gasteiger partial charge is 0.453 e. The number of nitrogens with one attached hydrogen (secondary N) is 3. The third-order valence-corrected chi connectivity index (χ3v) is 14.3. The number of rotatable bonds is 12. The molecule has 266 valence electrons. The zero-order valence-corrected chi connectivity index (χ0v) is 29.2. The van der Waals surface area contributed by atoms with Crippen LogP contribution in [0, 0.1) is 23.6 Å². The molecule has 2 aromatic rings. The molecule has 5 fully saturated rings. The predicted molar refractivity (Wildman–Crippen MR) is 186 cm³/mol. The third-order valence-electron chi connectivity index (χ3n) is 12.0. The molecule has 2 saturated carbocycles. The summed E-state index contributed by atoms with van der Waals surface area (Å²) in [7, 11) is -1.80. The number of hydrogen-bond donors (Lipinski definition) is 3. The van der Waals surface area contributed by atoms with Crippen LogP contribution in [0.25, 0.3) is 0 Å². The van der Waals surface area contributed by atoms with Gasteiger partial charge < -0.3 is 30.5 Å². The molecular weight excluding hydrogens is 646 g/mol. The van der Waals surface area contributed by atoms with Crippen molar-refractivity contribution in [1.82, 2.24) is 20.9 Å². The van der Waals surface area contributed by atoms with E-state index in [1.54, 1.807) is 24.3 Å². The van der Waals surface area contributed by atoms with Gasteiger partial charge in [0.2, 0.25) is 5.91 Å². The number of likely N-dealkylation sites (tertiary alicyclic amines) is 1. The zero-order chi connectivity index (χ0) is 34.2. The number of piperidine rings is 1. The van der Waals surface area contributed by atoms with E-state index >= 15 is 0 Å². The van der Waals surface area contributed by atoms with Gasteiger partial charge in [-0.05, 0) is 118 Å². The number of amides is 2. The van der Waals surface area contributed by atoms with Crippen LogP contribution in [-0.2, 0) is 24.8 Å². The third kappa shape index (κ3) is 7.05. The SMILES string of the molecule is COC(=O)N[C@H]1CCC[C@@H]1C(CNC(=O)[C@@H]1CCN1)(c1cccc(F)c1)C1CCN(CC2CN(c3ccc(S(=O)(=O)C4CC4)cc3)C2)CC1. The smallest absolute Gasteiger partial charge is 0.407 e. The topological polar surface area (TPSA) is 120 Å². The van der Waals surface area contributed by atoms with Crippen molar-refractivity contribution in [2.45, 2.75) is 79.0 Å². The van der Waals surface area contributed by atoms with Gasteiger partial charge in [0.1, 0.15) is 5.82 Å². The quantitative estimate of drug-likeness (QED) is 0.307. The summed E-state index contributed by atoms with van der Waals surface area (Å²) in [6, 6.07) is 13.9. The van der Waals surface area contributed by atoms with Gasteiger partial charge in [-0.25, -0.2) is 17.6 Å². The highest BCUT2D eigenvalue weighted by molar-refractivity contribution is 7.92. The second-order valence-electron chi connectivity index (χ2n) is 14.9. The Morgan fingerprint density at radius 3 is 2.37 bits per heavy atom. The fourth-order valence-corrected chi connectivity index (χ4v) is 10.7. The van der Waals surface area contributed by atoms with Crippen molar-refractivity contribution in [1.29, 1.82) is 0 Å². The maximum atomic E-state index is 15.0. The highest BCUT2D eigenvalue weighted by Gasteiger charge is 2.52. The van der Waals surface area contributed by atoms with Crippen molar-refractivity contribution in [3.63, 3.8) is 0 Å². The van der Waals surface area contributed by atoms with Gasteiger partial charge in [-0.3, -0.25) is 4.79 Å². The number of hydrogen-bond acceptors (Lipinski definition) is 8. The van der Waals surface area contributed by atoms with Crippen LogP contribution < -0.4 is 20.9 Å². The van der Waals surface area contributed by atoms with Gasteiger partial charge in [-0.2, -0.15) is 0 Å². The van der Waals surface area contributed by atoms with Crippen molar-refractivity contribution < 1.29 is 27.1 Å². The lowest BCUT2D eigenvalue weighted by Crippen LogP contribution is -2.60. The van der Waals surface area contributed by atoms with Crippen molar-refractivity contribution in [3.8, 4) is 0 Å². The molecule has 2 aliphatic carbocycles. The summed E-state index contributed by atoms with van der Waals surface area (Å²) in [5, 5.41) is 9.39. The van der Waals surface area contributed by atoms with Crippen molar-refractivity contribution in [2.24, 2.45) is 17.8 Å². The maximum absolute atomic E-state index is 15.0. The summed E-state index contributed by atoms with van der Waals surface area (Å²) in [5.41, 5.74) is 1.39. The Morgan fingerprint density at radius 2 is 1.73 bits per heavy atom. The van der Waals surface area contributed by atoms with E-state index in [2.05, 4.69) is 25.8 Å². The molecule has 3 saturated heterocycles. The van der Waals surface area contributed by atoms with E-state index in [9.17, 15) is 22.4 Å². The van der Waals surface area contributed by atoms with Gasteiger partial charge in [0.25, 0.3) is 0 Å². The van der Waals surface area contributed by atoms with Crippen molar-refractivity contribution in [3.05, 3.63) is 59.9 Å². The molecule has 0 spiro atoms. The molecule has 2 aromatic carbocycles. The lowest BCUT2D eigenvalue weighted by molar-refractivity contribution is -0.125. The van der Waals surface area contributed by atoms with Crippen LogP contribution in [0.2, 0.25) is 0 Å². The zero-order valence-electron chi connectivity index (χ0n) is 28.4. The molecule has 1 unspecified atom stereocenters. The van der Waals surface area contributed by atoms with Crippen LogP contribution >= 0.6 is 0 Å². The molecule has 3 heterocycles. The van der Waals surface area contributed by atoms with Crippen LogP contribution in [0.4, 0.5) is 14.9 Å². The molecule has 5 aliphatic rings. The van der Waals surface area contributed by atoms with Crippen LogP contribution in [0.15, 0.2) is 53.4 Å². The first kappa shape index (κ1) is 34.2. The Balaban J connectivity index is 1.04. The molecule has 49 heavy (non-hydrogen) atoms. The number of benzene rings is 2. The van der Waals surface area contributed by atoms with Gasteiger partial charge in [0.15, 0.2) is 9.84 Å². The Kier molecular flexibility index (Phi) is 9.91. The summed E-state index contributed by atoms with van der Waals surface area (Å²) >= 11 is 0. The molecule has 12 heteroatoms. The van der Waals surface area contributed by atoms with Gasteiger partial charge in [-0.1, -0.05) is 18.6 Å². The fraction of sp³-hybridized carbons (Fsp3) is 0.622. The predicted octanol–water partition coefficient (Wildman–Crippen LogP) is 3.85. The van der Waals surface area contributed by atoms with E-state index in [1.165, 1.54) is 13.2 Å². The average Bonchev–Trinajstić information content (AvgIpc) is 3.83. The van der Waals surface area contributed by atoms with Crippen LogP contribution in [0.5, 0.6) is 0 Å². The number of alkyl carbamates (subject to hydrolysis) is 1. The van der Waals surface area contributed by atoms with Gasteiger partial charge in [0, 0.05) is 49.2 Å². The van der Waals surface area contributed by atoms with Gasteiger partial charge >= 0.3 is 6.09 Å². The van der Waals surface area contributed by atoms with Crippen LogP contribution in [-0.4, -0.2) is 95.6 Å². The maximum Gasteiger partial charge on any atom is 0.407 e. The summed E-state index contributed by atoms with van der Waals surface area (Å²) in [6.45, 7) is 5.90. The fourth-order valence-electron chi connectivity index (χ4n) is 9.05. The normalized spacial score (nSPS) is 26.3. The molecule has 3 N–H and O–H groups in total. The summed E-state index contributed by atoms with van der Waals surface area (Å²) in [6.07, 6.45) is 6.30. The van der Waals surface area contributed by atoms with E-state index in [4.69, 9.17) is 4.74 Å². The molecule has 2 amide bonds. The number of carbonyl (C=O) groups excluding carboxylic acids is 2. The molecule has 7 rings (SSSR count). The first-order valence-electron chi connectivity index (χ1n) is 18.1. The van der Waals surface area contributed by atoms with E-state index in [1.807, 2.05) is 18.2 Å². The van der Waals surface area contributed by atoms with Gasteiger partial charge in [0.05, 0.1) is 23.3 Å². The minimum atomic E-state index is -3.18. The first-order valence-corrected chi connectivity index (χ1v) is 19.6. The number of ether oxygens (including phenoxy) is 1. The number of sulfone groups is 1. The number of methoxy groups -OCH3 is 1.